The molecule has 0 saturated heterocycles. The molecule has 0 fully saturated rings. The molecule has 6 nitrogen and oxygen atoms in total. The van der Waals surface area contributed by atoms with Gasteiger partial charge in [-0.1, -0.05) is 35.0 Å². The summed E-state index contributed by atoms with van der Waals surface area (Å²) in [6.07, 6.45) is 0. The molecule has 0 bridgehead atoms. The van der Waals surface area contributed by atoms with Gasteiger partial charge in [0.2, 0.25) is 11.9 Å². The van der Waals surface area contributed by atoms with Gasteiger partial charge < -0.3 is 11.5 Å². The molecule has 1 aliphatic rings. The van der Waals surface area contributed by atoms with Crippen LogP contribution in [-0.2, 0) is 4.84 Å². The highest BCUT2D eigenvalue weighted by Gasteiger charge is 2.32. The van der Waals surface area contributed by atoms with E-state index in [0.29, 0.717) is 10.0 Å². The molecule has 23 heavy (non-hydrogen) atoms. The maximum absolute atomic E-state index is 5.92. The second-order valence-corrected chi connectivity index (χ2v) is 5.75. The highest BCUT2D eigenvalue weighted by atomic mass is 35.5. The molecule has 0 saturated carbocycles. The molecule has 4 N–H and O–H groups in total. The Balaban J connectivity index is 0.00000264. The molecule has 1 heterocycles. The molecule has 0 atom stereocenters. The van der Waals surface area contributed by atoms with E-state index in [-0.39, 0.29) is 30.9 Å². The van der Waals surface area contributed by atoms with Crippen molar-refractivity contribution in [3.8, 4) is 11.8 Å². The minimum Gasteiger partial charge on any atom is -0.368 e. The first-order chi connectivity index (χ1) is 10.3. The molecular formula is C14H16Cl3N5O. The van der Waals surface area contributed by atoms with Crippen molar-refractivity contribution in [3.05, 3.63) is 33.8 Å². The number of benzene rings is 1. The lowest BCUT2D eigenvalue weighted by molar-refractivity contribution is -0.144. The quantitative estimate of drug-likeness (QED) is 0.776. The summed E-state index contributed by atoms with van der Waals surface area (Å²) < 4.78 is 0. The average Bonchev–Trinajstić information content (AvgIpc) is 2.40. The molecule has 9 heteroatoms. The van der Waals surface area contributed by atoms with Crippen LogP contribution in [0.1, 0.15) is 19.4 Å². The summed E-state index contributed by atoms with van der Waals surface area (Å²) in [4.78, 5) is 13.5. The lowest BCUT2D eigenvalue weighted by Crippen LogP contribution is -2.53. The van der Waals surface area contributed by atoms with E-state index in [4.69, 9.17) is 39.5 Å². The van der Waals surface area contributed by atoms with Gasteiger partial charge in [0.1, 0.15) is 6.61 Å². The van der Waals surface area contributed by atoms with Gasteiger partial charge in [-0.15, -0.1) is 12.4 Å². The Kier molecular flexibility index (Phi) is 6.54. The largest absolute Gasteiger partial charge is 0.368 e. The summed E-state index contributed by atoms with van der Waals surface area (Å²) in [7, 11) is 0. The number of hydrogen-bond acceptors (Lipinski definition) is 6. The van der Waals surface area contributed by atoms with Crippen LogP contribution in [-0.4, -0.2) is 29.3 Å². The van der Waals surface area contributed by atoms with Crippen molar-refractivity contribution in [2.75, 3.05) is 6.61 Å². The van der Waals surface area contributed by atoms with Gasteiger partial charge in [-0.2, -0.15) is 10.1 Å². The zero-order chi connectivity index (χ0) is 16.3. The Morgan fingerprint density at radius 2 is 1.96 bits per heavy atom. The average molecular weight is 377 g/mol. The normalized spacial score (nSPS) is 15.7. The van der Waals surface area contributed by atoms with E-state index < -0.39 is 5.66 Å². The van der Waals surface area contributed by atoms with Gasteiger partial charge in [0.15, 0.2) is 5.66 Å². The summed E-state index contributed by atoms with van der Waals surface area (Å²) >= 11 is 11.8. The van der Waals surface area contributed by atoms with Gasteiger partial charge in [-0.3, -0.25) is 4.84 Å². The van der Waals surface area contributed by atoms with Crippen LogP contribution in [0.3, 0.4) is 0 Å². The van der Waals surface area contributed by atoms with E-state index in [2.05, 4.69) is 21.8 Å². The van der Waals surface area contributed by atoms with Crippen molar-refractivity contribution in [2.45, 2.75) is 19.5 Å². The van der Waals surface area contributed by atoms with Crippen molar-refractivity contribution < 1.29 is 4.84 Å². The fourth-order valence-electron chi connectivity index (χ4n) is 1.83. The molecule has 1 aromatic rings. The Bertz CT molecular complexity index is 706. The molecule has 1 aromatic carbocycles. The maximum atomic E-state index is 5.92. The third-order valence-electron chi connectivity index (χ3n) is 2.74. The van der Waals surface area contributed by atoms with Gasteiger partial charge in [0.25, 0.3) is 0 Å². The van der Waals surface area contributed by atoms with Crippen LogP contribution in [0.25, 0.3) is 0 Å². The summed E-state index contributed by atoms with van der Waals surface area (Å²) in [6.45, 7) is 3.71. The summed E-state index contributed by atoms with van der Waals surface area (Å²) in [6, 6.07) is 5.14. The number of hydroxylamine groups is 2. The molecule has 124 valence electrons. The zero-order valence-electron chi connectivity index (χ0n) is 12.5. The van der Waals surface area contributed by atoms with Gasteiger partial charge in [-0.05, 0) is 32.0 Å². The molecule has 0 unspecified atom stereocenters. The lowest BCUT2D eigenvalue weighted by atomic mass is 10.2. The van der Waals surface area contributed by atoms with Crippen LogP contribution < -0.4 is 11.5 Å². The number of guanidine groups is 2. The fraction of sp³-hybridized carbons (Fsp3) is 0.286. The lowest BCUT2D eigenvalue weighted by Gasteiger charge is -2.36. The monoisotopic (exact) mass is 375 g/mol. The first-order valence-electron chi connectivity index (χ1n) is 6.36. The van der Waals surface area contributed by atoms with E-state index in [1.54, 1.807) is 32.0 Å². The van der Waals surface area contributed by atoms with E-state index in [9.17, 15) is 0 Å². The van der Waals surface area contributed by atoms with Crippen molar-refractivity contribution in [3.63, 3.8) is 0 Å². The Hall–Kier alpha value is -1.65. The Labute approximate surface area is 150 Å². The van der Waals surface area contributed by atoms with Crippen LogP contribution in [0.5, 0.6) is 0 Å². The van der Waals surface area contributed by atoms with Gasteiger partial charge in [0.05, 0.1) is 10.0 Å². The topological polar surface area (TPSA) is 89.2 Å². The third-order valence-corrected chi connectivity index (χ3v) is 3.48. The van der Waals surface area contributed by atoms with Crippen LogP contribution in [0, 0.1) is 11.8 Å². The molecule has 0 spiro atoms. The molecular weight excluding hydrogens is 361 g/mol. The molecule has 2 rings (SSSR count). The minimum atomic E-state index is -0.749. The highest BCUT2D eigenvalue weighted by Crippen LogP contribution is 2.22. The van der Waals surface area contributed by atoms with Gasteiger partial charge in [-0.25, -0.2) is 4.99 Å². The summed E-state index contributed by atoms with van der Waals surface area (Å²) in [5.74, 6) is 6.02. The fourth-order valence-corrected chi connectivity index (χ4v) is 2.12. The Morgan fingerprint density at radius 1 is 1.26 bits per heavy atom. The summed E-state index contributed by atoms with van der Waals surface area (Å²) in [5.41, 5.74) is 11.3. The van der Waals surface area contributed by atoms with E-state index >= 15 is 0 Å². The van der Waals surface area contributed by atoms with E-state index in [1.165, 1.54) is 5.06 Å². The predicted molar refractivity (Wildman–Crippen MR) is 95.7 cm³/mol. The minimum absolute atomic E-state index is 0. The number of rotatable bonds is 2. The maximum Gasteiger partial charge on any atom is 0.226 e. The second-order valence-electron chi connectivity index (χ2n) is 4.93. The molecule has 0 amide bonds. The van der Waals surface area contributed by atoms with Crippen molar-refractivity contribution >= 4 is 47.5 Å². The smallest absolute Gasteiger partial charge is 0.226 e. The first kappa shape index (κ1) is 19.4. The van der Waals surface area contributed by atoms with Crippen molar-refractivity contribution in [1.29, 1.82) is 0 Å². The van der Waals surface area contributed by atoms with E-state index in [1.807, 2.05) is 0 Å². The number of hydrogen-bond donors (Lipinski definition) is 2. The standard InChI is InChI=1S/C14H15Cl2N5O.ClH/c1-14(2)20-12(17)19-13(18)21(14)22-7-3-4-9-5-6-10(15)11(16)8-9;/h5-6,8H,7H2,1-2H3,(H4,17,18,19,20);1H. The summed E-state index contributed by atoms with van der Waals surface area (Å²) in [5, 5.41) is 2.30. The van der Waals surface area contributed by atoms with Crippen molar-refractivity contribution in [1.82, 2.24) is 5.06 Å². The van der Waals surface area contributed by atoms with Crippen LogP contribution in [0.4, 0.5) is 0 Å². The van der Waals surface area contributed by atoms with Crippen LogP contribution >= 0.6 is 35.6 Å². The molecule has 0 radical (unpaired) electrons. The first-order valence-corrected chi connectivity index (χ1v) is 7.12. The van der Waals surface area contributed by atoms with E-state index in [0.717, 1.165) is 5.56 Å². The SMILES string of the molecule is CC1(C)N=C(N)N=C(N)N1OCC#Cc1ccc(Cl)c(Cl)c1.Cl. The van der Waals surface area contributed by atoms with Crippen LogP contribution in [0.15, 0.2) is 28.2 Å². The molecule has 0 aromatic heterocycles. The van der Waals surface area contributed by atoms with Crippen LogP contribution in [0.2, 0.25) is 10.0 Å². The second kappa shape index (κ2) is 7.75. The predicted octanol–water partition coefficient (Wildman–Crippen LogP) is 2.38. The molecule has 1 aliphatic heterocycles. The third kappa shape index (κ3) is 4.91. The van der Waals surface area contributed by atoms with Crippen molar-refractivity contribution in [2.24, 2.45) is 21.5 Å². The number of aliphatic imine (C=N–C) groups is 2. The highest BCUT2D eigenvalue weighted by molar-refractivity contribution is 6.42. The number of nitrogens with zero attached hydrogens (tertiary/aromatic N) is 3. The van der Waals surface area contributed by atoms with Gasteiger partial charge >= 0.3 is 0 Å². The number of halogens is 3. The molecule has 0 aliphatic carbocycles. The Morgan fingerprint density at radius 3 is 2.57 bits per heavy atom. The van der Waals surface area contributed by atoms with Gasteiger partial charge in [0, 0.05) is 5.56 Å². The zero-order valence-corrected chi connectivity index (χ0v) is 14.8. The number of nitrogens with two attached hydrogens (primary N) is 2.